The van der Waals surface area contributed by atoms with E-state index in [0.717, 1.165) is 11.3 Å². The highest BCUT2D eigenvalue weighted by Crippen LogP contribution is 2.18. The van der Waals surface area contributed by atoms with Crippen molar-refractivity contribution in [1.29, 1.82) is 0 Å². The molecule has 0 aliphatic heterocycles. The number of aromatic nitrogens is 1. The summed E-state index contributed by atoms with van der Waals surface area (Å²) in [6.07, 6.45) is 0. The molecule has 5 heteroatoms. The van der Waals surface area contributed by atoms with E-state index < -0.39 is 0 Å². The molecule has 18 heavy (non-hydrogen) atoms. The molecule has 0 aliphatic carbocycles. The first-order valence-electron chi connectivity index (χ1n) is 5.56. The van der Waals surface area contributed by atoms with Gasteiger partial charge in [-0.05, 0) is 26.0 Å². The highest BCUT2D eigenvalue weighted by Gasteiger charge is 2.11. The van der Waals surface area contributed by atoms with Gasteiger partial charge in [0.1, 0.15) is 5.75 Å². The second kappa shape index (κ2) is 4.91. The lowest BCUT2D eigenvalue weighted by atomic mass is 10.1. The molecule has 1 aromatic carbocycles. The molecule has 0 radical (unpaired) electrons. The molecule has 0 saturated carbocycles. The average molecular weight is 246 g/mol. The van der Waals surface area contributed by atoms with Gasteiger partial charge in [0.2, 0.25) is 0 Å². The maximum absolute atomic E-state index is 11.9. The van der Waals surface area contributed by atoms with E-state index in [1.54, 1.807) is 25.1 Å². The number of amides is 1. The van der Waals surface area contributed by atoms with Crippen molar-refractivity contribution in [3.8, 4) is 5.75 Å². The summed E-state index contributed by atoms with van der Waals surface area (Å²) in [5, 5.41) is 16.0. The molecule has 5 nitrogen and oxygen atoms in total. The van der Waals surface area contributed by atoms with Crippen LogP contribution in [0.2, 0.25) is 0 Å². The van der Waals surface area contributed by atoms with Crippen LogP contribution in [0.25, 0.3) is 0 Å². The lowest BCUT2D eigenvalue weighted by Crippen LogP contribution is -2.22. The number of nitrogens with one attached hydrogen (secondary N) is 1. The van der Waals surface area contributed by atoms with Crippen LogP contribution in [0.3, 0.4) is 0 Å². The van der Waals surface area contributed by atoms with Crippen molar-refractivity contribution < 1.29 is 14.4 Å². The van der Waals surface area contributed by atoms with Crippen molar-refractivity contribution in [2.24, 2.45) is 0 Å². The van der Waals surface area contributed by atoms with Crippen LogP contribution in [0, 0.1) is 13.8 Å². The van der Waals surface area contributed by atoms with Gasteiger partial charge in [0.05, 0.1) is 17.8 Å². The third-order valence-electron chi connectivity index (χ3n) is 2.50. The quantitative estimate of drug-likeness (QED) is 0.867. The lowest BCUT2D eigenvalue weighted by molar-refractivity contribution is 0.0944. The number of carbonyl (C=O) groups excluding carboxylic acids is 1. The van der Waals surface area contributed by atoms with Crippen molar-refractivity contribution >= 4 is 5.91 Å². The van der Waals surface area contributed by atoms with Crippen molar-refractivity contribution in [3.63, 3.8) is 0 Å². The standard InChI is InChI=1S/C13H14N2O3/c1-8-3-4-12(16)11(5-8)13(17)14-7-10-6-9(2)15-18-10/h3-6,16H,7H2,1-2H3,(H,14,17). The number of hydrogen-bond acceptors (Lipinski definition) is 4. The zero-order valence-electron chi connectivity index (χ0n) is 10.2. The minimum atomic E-state index is -0.342. The van der Waals surface area contributed by atoms with E-state index in [1.165, 1.54) is 6.07 Å². The van der Waals surface area contributed by atoms with Crippen LogP contribution in [0.4, 0.5) is 0 Å². The van der Waals surface area contributed by atoms with Gasteiger partial charge in [-0.3, -0.25) is 4.79 Å². The molecule has 1 amide bonds. The minimum absolute atomic E-state index is 0.0353. The molecule has 1 heterocycles. The minimum Gasteiger partial charge on any atom is -0.507 e. The van der Waals surface area contributed by atoms with Crippen LogP contribution >= 0.6 is 0 Å². The maximum atomic E-state index is 11.9. The Labute approximate surface area is 104 Å². The molecule has 0 bridgehead atoms. The van der Waals surface area contributed by atoms with Crippen LogP contribution in [0.15, 0.2) is 28.8 Å². The number of benzene rings is 1. The molecule has 2 rings (SSSR count). The zero-order chi connectivity index (χ0) is 13.1. The maximum Gasteiger partial charge on any atom is 0.255 e. The first-order valence-corrected chi connectivity index (χ1v) is 5.56. The number of carbonyl (C=O) groups is 1. The van der Waals surface area contributed by atoms with Crippen molar-refractivity contribution in [2.75, 3.05) is 0 Å². The fourth-order valence-electron chi connectivity index (χ4n) is 1.59. The number of aromatic hydroxyl groups is 1. The molecule has 94 valence electrons. The molecular weight excluding hydrogens is 232 g/mol. The van der Waals surface area contributed by atoms with Gasteiger partial charge in [-0.1, -0.05) is 16.8 Å². The van der Waals surface area contributed by atoms with E-state index in [0.29, 0.717) is 5.76 Å². The molecule has 0 fully saturated rings. The zero-order valence-corrected chi connectivity index (χ0v) is 10.2. The Morgan fingerprint density at radius 2 is 2.17 bits per heavy atom. The number of aryl methyl sites for hydroxylation is 2. The molecular formula is C13H14N2O3. The predicted molar refractivity (Wildman–Crippen MR) is 65.3 cm³/mol. The van der Waals surface area contributed by atoms with Gasteiger partial charge in [0.15, 0.2) is 5.76 Å². The molecule has 0 unspecified atom stereocenters. The molecule has 1 aromatic heterocycles. The van der Waals surface area contributed by atoms with Crippen LogP contribution in [-0.4, -0.2) is 16.2 Å². The van der Waals surface area contributed by atoms with Crippen LogP contribution in [-0.2, 0) is 6.54 Å². The van der Waals surface area contributed by atoms with Gasteiger partial charge in [-0.15, -0.1) is 0 Å². The highest BCUT2D eigenvalue weighted by molar-refractivity contribution is 5.96. The summed E-state index contributed by atoms with van der Waals surface area (Å²) in [6, 6.07) is 6.63. The second-order valence-corrected chi connectivity index (χ2v) is 4.14. The van der Waals surface area contributed by atoms with Gasteiger partial charge in [0, 0.05) is 6.07 Å². The molecule has 0 atom stereocenters. The van der Waals surface area contributed by atoms with E-state index in [1.807, 2.05) is 6.92 Å². The van der Waals surface area contributed by atoms with E-state index in [9.17, 15) is 9.90 Å². The Kier molecular flexibility index (Phi) is 3.32. The third kappa shape index (κ3) is 2.68. The van der Waals surface area contributed by atoms with Gasteiger partial charge < -0.3 is 14.9 Å². The van der Waals surface area contributed by atoms with Crippen LogP contribution in [0.1, 0.15) is 27.4 Å². The SMILES string of the molecule is Cc1ccc(O)c(C(=O)NCc2cc(C)no2)c1. The summed E-state index contributed by atoms with van der Waals surface area (Å²) >= 11 is 0. The Morgan fingerprint density at radius 1 is 1.39 bits per heavy atom. The number of hydrogen-bond donors (Lipinski definition) is 2. The predicted octanol–water partition coefficient (Wildman–Crippen LogP) is 1.93. The van der Waals surface area contributed by atoms with Gasteiger partial charge in [0.25, 0.3) is 5.91 Å². The molecule has 0 spiro atoms. The monoisotopic (exact) mass is 246 g/mol. The van der Waals surface area contributed by atoms with Crippen molar-refractivity contribution in [1.82, 2.24) is 10.5 Å². The Balaban J connectivity index is 2.05. The van der Waals surface area contributed by atoms with Crippen LogP contribution < -0.4 is 5.32 Å². The first kappa shape index (κ1) is 12.2. The summed E-state index contributed by atoms with van der Waals surface area (Å²) < 4.78 is 4.98. The van der Waals surface area contributed by atoms with Gasteiger partial charge in [-0.2, -0.15) is 0 Å². The first-order chi connectivity index (χ1) is 8.56. The summed E-state index contributed by atoms with van der Waals surface area (Å²) in [6.45, 7) is 3.91. The fraction of sp³-hybridized carbons (Fsp3) is 0.231. The molecule has 0 saturated heterocycles. The summed E-state index contributed by atoms with van der Waals surface area (Å²) in [7, 11) is 0. The van der Waals surface area contributed by atoms with Crippen molar-refractivity contribution in [2.45, 2.75) is 20.4 Å². The second-order valence-electron chi connectivity index (χ2n) is 4.14. The Hall–Kier alpha value is -2.30. The van der Waals surface area contributed by atoms with E-state index >= 15 is 0 Å². The summed E-state index contributed by atoms with van der Waals surface area (Å²) in [5.41, 5.74) is 1.93. The van der Waals surface area contributed by atoms with Crippen molar-refractivity contribution in [3.05, 3.63) is 46.8 Å². The number of rotatable bonds is 3. The number of phenols is 1. The van der Waals surface area contributed by atoms with E-state index in [4.69, 9.17) is 4.52 Å². The Bertz CT molecular complexity index is 575. The number of phenolic OH excluding ortho intramolecular Hbond substituents is 1. The third-order valence-corrected chi connectivity index (χ3v) is 2.50. The molecule has 2 N–H and O–H groups in total. The lowest BCUT2D eigenvalue weighted by Gasteiger charge is -2.06. The smallest absolute Gasteiger partial charge is 0.255 e. The Morgan fingerprint density at radius 3 is 2.83 bits per heavy atom. The topological polar surface area (TPSA) is 75.4 Å². The highest BCUT2D eigenvalue weighted by atomic mass is 16.5. The van der Waals surface area contributed by atoms with Gasteiger partial charge >= 0.3 is 0 Å². The van der Waals surface area contributed by atoms with E-state index in [2.05, 4.69) is 10.5 Å². The van der Waals surface area contributed by atoms with Crippen LogP contribution in [0.5, 0.6) is 5.75 Å². The molecule has 0 aliphatic rings. The van der Waals surface area contributed by atoms with E-state index in [-0.39, 0.29) is 23.8 Å². The molecule has 2 aromatic rings. The summed E-state index contributed by atoms with van der Waals surface area (Å²) in [4.78, 5) is 11.9. The fourth-order valence-corrected chi connectivity index (χ4v) is 1.59. The van der Waals surface area contributed by atoms with Gasteiger partial charge in [-0.25, -0.2) is 0 Å². The normalized spacial score (nSPS) is 10.3. The largest absolute Gasteiger partial charge is 0.507 e. The average Bonchev–Trinajstić information content (AvgIpc) is 2.75. The summed E-state index contributed by atoms with van der Waals surface area (Å²) in [5.74, 6) is 0.199. The number of nitrogens with zero attached hydrogens (tertiary/aromatic N) is 1.